The molecule has 2 aromatic rings. The molecule has 5 heteroatoms. The molecule has 4 rings (SSSR count). The van der Waals surface area contributed by atoms with Crippen LogP contribution in [-0.2, 0) is 17.6 Å². The number of nitrogens with zero attached hydrogens (tertiary/aromatic N) is 1. The molecule has 0 bridgehead atoms. The zero-order chi connectivity index (χ0) is 14.9. The van der Waals surface area contributed by atoms with Crippen molar-refractivity contribution in [2.24, 2.45) is 5.92 Å². The highest BCUT2D eigenvalue weighted by atomic mass is 16.5. The number of carbonyl (C=O) groups is 1. The van der Waals surface area contributed by atoms with E-state index in [1.807, 2.05) is 6.07 Å². The van der Waals surface area contributed by atoms with Crippen molar-refractivity contribution in [3.8, 4) is 0 Å². The number of benzene rings is 1. The normalized spacial score (nSPS) is 18.6. The first-order valence-electron chi connectivity index (χ1n) is 8.21. The van der Waals surface area contributed by atoms with Crippen LogP contribution in [-0.4, -0.2) is 24.2 Å². The van der Waals surface area contributed by atoms with Gasteiger partial charge in [-0.1, -0.05) is 5.16 Å². The van der Waals surface area contributed by atoms with Crippen molar-refractivity contribution < 1.29 is 10.7 Å². The number of fused-ring (bicyclic) bond motifs is 2. The third-order valence-electron chi connectivity index (χ3n) is 4.88. The van der Waals surface area contributed by atoms with Gasteiger partial charge >= 0.3 is 0 Å². The molecule has 1 aromatic carbocycles. The van der Waals surface area contributed by atoms with E-state index in [0.29, 0.717) is 6.42 Å². The molecule has 0 atom stereocenters. The molecule has 118 valence electrons. The topological polar surface area (TPSA) is 67.2 Å². The number of carbonyl (C=O) groups excluding carboxylic acids is 1. The summed E-state index contributed by atoms with van der Waals surface area (Å²) >= 11 is 0. The average molecular weight is 301 g/mol. The van der Waals surface area contributed by atoms with E-state index in [9.17, 15) is 4.79 Å². The molecule has 0 radical (unpaired) electrons. The van der Waals surface area contributed by atoms with Gasteiger partial charge in [-0.05, 0) is 62.7 Å². The van der Waals surface area contributed by atoms with Crippen molar-refractivity contribution in [3.63, 3.8) is 0 Å². The van der Waals surface area contributed by atoms with Crippen LogP contribution in [0.25, 0.3) is 11.0 Å². The largest absolute Gasteiger partial charge is 0.356 e. The standard InChI is InChI=1S/C17H21N3O2.H2/c21-17-9-12-8-13-14(20-22-16(13)10-15(12)19-17)3-1-2-11-4-6-18-7-5-11;/h8,10-11,18H,1-7,9H2,(H,19,21);1H. The Morgan fingerprint density at radius 2 is 2.18 bits per heavy atom. The smallest absolute Gasteiger partial charge is 0.228 e. The molecule has 0 aliphatic carbocycles. The van der Waals surface area contributed by atoms with Crippen LogP contribution < -0.4 is 10.6 Å². The molecule has 1 amide bonds. The quantitative estimate of drug-likeness (QED) is 0.911. The van der Waals surface area contributed by atoms with Gasteiger partial charge in [0.25, 0.3) is 0 Å². The fourth-order valence-electron chi connectivity index (χ4n) is 3.62. The fourth-order valence-corrected chi connectivity index (χ4v) is 3.62. The highest BCUT2D eigenvalue weighted by Crippen LogP contribution is 2.31. The van der Waals surface area contributed by atoms with E-state index in [2.05, 4.69) is 21.9 Å². The summed E-state index contributed by atoms with van der Waals surface area (Å²) < 4.78 is 5.44. The Hall–Kier alpha value is -1.88. The molecule has 0 unspecified atom stereocenters. The zero-order valence-corrected chi connectivity index (χ0v) is 12.7. The minimum atomic E-state index is 0. The van der Waals surface area contributed by atoms with Crippen LogP contribution in [0.1, 0.15) is 38.4 Å². The predicted molar refractivity (Wildman–Crippen MR) is 87.0 cm³/mol. The van der Waals surface area contributed by atoms with Crippen molar-refractivity contribution in [1.29, 1.82) is 0 Å². The zero-order valence-electron chi connectivity index (χ0n) is 12.7. The predicted octanol–water partition coefficient (Wildman–Crippen LogP) is 2.89. The summed E-state index contributed by atoms with van der Waals surface area (Å²) in [6.07, 6.45) is 6.42. The molecule has 1 fully saturated rings. The number of nitrogens with one attached hydrogen (secondary N) is 2. The second-order valence-electron chi connectivity index (χ2n) is 6.45. The number of aromatic nitrogens is 1. The van der Waals surface area contributed by atoms with Crippen molar-refractivity contribution in [2.45, 2.75) is 38.5 Å². The Morgan fingerprint density at radius 3 is 3.05 bits per heavy atom. The van der Waals surface area contributed by atoms with Gasteiger partial charge in [-0.3, -0.25) is 4.79 Å². The first-order valence-corrected chi connectivity index (χ1v) is 8.21. The van der Waals surface area contributed by atoms with E-state index in [0.717, 1.165) is 59.8 Å². The van der Waals surface area contributed by atoms with E-state index < -0.39 is 0 Å². The minimum absolute atomic E-state index is 0. The Morgan fingerprint density at radius 1 is 1.32 bits per heavy atom. The SMILES string of the molecule is O=C1Cc2cc3c(CCCC4CCNCC4)noc3cc2N1.[HH]. The lowest BCUT2D eigenvalue weighted by atomic mass is 9.92. The van der Waals surface area contributed by atoms with Crippen LogP contribution >= 0.6 is 0 Å². The summed E-state index contributed by atoms with van der Waals surface area (Å²) in [6.45, 7) is 2.31. The Bertz CT molecular complexity index is 707. The number of hydrogen-bond donors (Lipinski definition) is 2. The van der Waals surface area contributed by atoms with Crippen molar-refractivity contribution in [1.82, 2.24) is 10.5 Å². The van der Waals surface area contributed by atoms with Gasteiger partial charge in [-0.25, -0.2) is 0 Å². The van der Waals surface area contributed by atoms with Gasteiger partial charge in [0.15, 0.2) is 5.58 Å². The van der Waals surface area contributed by atoms with E-state index in [4.69, 9.17) is 4.52 Å². The van der Waals surface area contributed by atoms with Gasteiger partial charge in [-0.15, -0.1) is 0 Å². The van der Waals surface area contributed by atoms with Gasteiger partial charge < -0.3 is 15.2 Å². The van der Waals surface area contributed by atoms with Gasteiger partial charge in [0.1, 0.15) is 0 Å². The maximum absolute atomic E-state index is 11.5. The van der Waals surface area contributed by atoms with Gasteiger partial charge in [-0.2, -0.15) is 0 Å². The van der Waals surface area contributed by atoms with Crippen LogP contribution in [0.5, 0.6) is 0 Å². The Kier molecular flexibility index (Phi) is 3.58. The maximum Gasteiger partial charge on any atom is 0.228 e. The van der Waals surface area contributed by atoms with Crippen molar-refractivity contribution >= 4 is 22.6 Å². The molecule has 3 heterocycles. The molecule has 0 saturated carbocycles. The highest BCUT2D eigenvalue weighted by molar-refractivity contribution is 6.02. The van der Waals surface area contributed by atoms with Gasteiger partial charge in [0.05, 0.1) is 12.1 Å². The molecule has 2 aliphatic heterocycles. The summed E-state index contributed by atoms with van der Waals surface area (Å²) in [5.41, 5.74) is 3.74. The molecule has 5 nitrogen and oxygen atoms in total. The average Bonchev–Trinajstić information content (AvgIpc) is 3.08. The number of rotatable bonds is 4. The van der Waals surface area contributed by atoms with Gasteiger partial charge in [0.2, 0.25) is 5.91 Å². The summed E-state index contributed by atoms with van der Waals surface area (Å²) in [4.78, 5) is 11.5. The fraction of sp³-hybridized carbons (Fsp3) is 0.529. The summed E-state index contributed by atoms with van der Waals surface area (Å²) in [5, 5.41) is 11.6. The first-order chi connectivity index (χ1) is 10.8. The summed E-state index contributed by atoms with van der Waals surface area (Å²) in [5.74, 6) is 0.911. The maximum atomic E-state index is 11.5. The molecular weight excluding hydrogens is 278 g/mol. The third kappa shape index (κ3) is 2.61. The molecular formula is C17H23N3O2. The first kappa shape index (κ1) is 13.8. The minimum Gasteiger partial charge on any atom is -0.356 e. The van der Waals surface area contributed by atoms with Crippen LogP contribution in [0, 0.1) is 5.92 Å². The number of hydrogen-bond acceptors (Lipinski definition) is 4. The number of piperidine rings is 1. The Labute approximate surface area is 130 Å². The van der Waals surface area contributed by atoms with E-state index in [1.165, 1.54) is 19.3 Å². The summed E-state index contributed by atoms with van der Waals surface area (Å²) in [7, 11) is 0. The van der Waals surface area contributed by atoms with Crippen LogP contribution in [0.2, 0.25) is 0 Å². The lowest BCUT2D eigenvalue weighted by Gasteiger charge is -2.22. The third-order valence-corrected chi connectivity index (χ3v) is 4.88. The van der Waals surface area contributed by atoms with E-state index in [1.54, 1.807) is 0 Å². The molecule has 2 aliphatic rings. The summed E-state index contributed by atoms with van der Waals surface area (Å²) in [6, 6.07) is 3.97. The number of aryl methyl sites for hydroxylation is 1. The molecule has 2 N–H and O–H groups in total. The molecule has 0 spiro atoms. The Balaban J connectivity index is 0.00000156. The van der Waals surface area contributed by atoms with Crippen molar-refractivity contribution in [3.05, 3.63) is 23.4 Å². The lowest BCUT2D eigenvalue weighted by Crippen LogP contribution is -2.27. The second-order valence-corrected chi connectivity index (χ2v) is 6.45. The number of anilines is 1. The van der Waals surface area contributed by atoms with E-state index in [-0.39, 0.29) is 7.33 Å². The highest BCUT2D eigenvalue weighted by Gasteiger charge is 2.21. The van der Waals surface area contributed by atoms with Crippen molar-refractivity contribution in [2.75, 3.05) is 18.4 Å². The van der Waals surface area contributed by atoms with Gasteiger partial charge in [0, 0.05) is 18.6 Å². The lowest BCUT2D eigenvalue weighted by molar-refractivity contribution is -0.115. The molecule has 1 saturated heterocycles. The van der Waals surface area contributed by atoms with Crippen LogP contribution in [0.4, 0.5) is 5.69 Å². The molecule has 22 heavy (non-hydrogen) atoms. The monoisotopic (exact) mass is 301 g/mol. The number of amides is 1. The molecule has 1 aromatic heterocycles. The van der Waals surface area contributed by atoms with Crippen LogP contribution in [0.15, 0.2) is 16.7 Å². The van der Waals surface area contributed by atoms with Crippen LogP contribution in [0.3, 0.4) is 0 Å². The second kappa shape index (κ2) is 5.72. The van der Waals surface area contributed by atoms with E-state index >= 15 is 0 Å².